The van der Waals surface area contributed by atoms with Gasteiger partial charge >= 0.3 is 0 Å². The summed E-state index contributed by atoms with van der Waals surface area (Å²) in [6.07, 6.45) is 6.50. The minimum atomic E-state index is -0.0337. The van der Waals surface area contributed by atoms with Crippen molar-refractivity contribution in [3.63, 3.8) is 0 Å². The molecule has 0 saturated heterocycles. The van der Waals surface area contributed by atoms with Crippen molar-refractivity contribution in [1.29, 1.82) is 0 Å². The maximum Gasteiger partial charge on any atom is 0.200 e. The van der Waals surface area contributed by atoms with Gasteiger partial charge in [0.2, 0.25) is 5.75 Å². The Morgan fingerprint density at radius 3 is 2.46 bits per heavy atom. The fourth-order valence-corrected chi connectivity index (χ4v) is 3.09. The van der Waals surface area contributed by atoms with Gasteiger partial charge in [0.05, 0.1) is 20.4 Å². The molecular weight excluding hydrogens is 326 g/mol. The van der Waals surface area contributed by atoms with Gasteiger partial charge in [-0.1, -0.05) is 19.8 Å². The lowest BCUT2D eigenvalue weighted by molar-refractivity contribution is 0.308. The van der Waals surface area contributed by atoms with Crippen LogP contribution in [0.1, 0.15) is 38.2 Å². The molecule has 0 aliphatic heterocycles. The Labute approximate surface area is 148 Å². The zero-order valence-electron chi connectivity index (χ0n) is 14.3. The molecule has 1 aliphatic carbocycles. The van der Waals surface area contributed by atoms with Crippen LogP contribution in [-0.4, -0.2) is 36.7 Å². The lowest BCUT2D eigenvalue weighted by Gasteiger charge is -2.30. The standard InChI is InChI=1S/C17H25N3O3S/c1-11-6-4-5-7-13(11)19-17(24)20-18-10-12-8-14(22-2)16(21)15(9-12)23-3/h8-11,13,21H,4-7H2,1-3H3,(H2,19,20,24)/b18-10+/t11-,13-/m1/s1. The number of phenolic OH excluding ortho intramolecular Hbond substituents is 1. The third kappa shape index (κ3) is 4.74. The molecule has 1 aromatic carbocycles. The molecule has 1 aromatic rings. The first-order valence-electron chi connectivity index (χ1n) is 8.09. The van der Waals surface area contributed by atoms with Crippen molar-refractivity contribution in [1.82, 2.24) is 10.7 Å². The normalized spacial score (nSPS) is 20.6. The van der Waals surface area contributed by atoms with Gasteiger partial charge in [-0.15, -0.1) is 0 Å². The minimum absolute atomic E-state index is 0.0337. The van der Waals surface area contributed by atoms with Gasteiger partial charge in [-0.2, -0.15) is 5.10 Å². The predicted molar refractivity (Wildman–Crippen MR) is 99.1 cm³/mol. The van der Waals surface area contributed by atoms with Crippen LogP contribution in [0.25, 0.3) is 0 Å². The summed E-state index contributed by atoms with van der Waals surface area (Å²) in [6.45, 7) is 2.25. The largest absolute Gasteiger partial charge is 0.502 e. The van der Waals surface area contributed by atoms with E-state index in [0.29, 0.717) is 28.6 Å². The van der Waals surface area contributed by atoms with Crippen LogP contribution in [0.2, 0.25) is 0 Å². The van der Waals surface area contributed by atoms with Gasteiger partial charge in [0.15, 0.2) is 16.6 Å². The van der Waals surface area contributed by atoms with Crippen molar-refractivity contribution < 1.29 is 14.6 Å². The number of thiocarbonyl (C=S) groups is 1. The van der Waals surface area contributed by atoms with Crippen LogP contribution in [0.15, 0.2) is 17.2 Å². The highest BCUT2D eigenvalue weighted by Gasteiger charge is 2.21. The van der Waals surface area contributed by atoms with E-state index in [1.165, 1.54) is 33.5 Å². The van der Waals surface area contributed by atoms with Gasteiger partial charge in [0.1, 0.15) is 0 Å². The van der Waals surface area contributed by atoms with Crippen LogP contribution in [-0.2, 0) is 0 Å². The second kappa shape index (κ2) is 8.73. The first kappa shape index (κ1) is 18.3. The van der Waals surface area contributed by atoms with Crippen LogP contribution in [0.5, 0.6) is 17.2 Å². The van der Waals surface area contributed by atoms with Crippen LogP contribution >= 0.6 is 12.2 Å². The summed E-state index contributed by atoms with van der Waals surface area (Å²) in [4.78, 5) is 0. The number of ether oxygens (including phenoxy) is 2. The highest BCUT2D eigenvalue weighted by molar-refractivity contribution is 7.80. The Morgan fingerprint density at radius 2 is 1.88 bits per heavy atom. The Hall–Kier alpha value is -2.02. The molecule has 1 aliphatic rings. The maximum absolute atomic E-state index is 9.89. The minimum Gasteiger partial charge on any atom is -0.502 e. The number of benzene rings is 1. The summed E-state index contributed by atoms with van der Waals surface area (Å²) in [5, 5.41) is 17.9. The molecule has 1 saturated carbocycles. The molecule has 0 heterocycles. The van der Waals surface area contributed by atoms with E-state index >= 15 is 0 Å². The summed E-state index contributed by atoms with van der Waals surface area (Å²) < 4.78 is 10.2. The van der Waals surface area contributed by atoms with Crippen LogP contribution in [0.4, 0.5) is 0 Å². The van der Waals surface area contributed by atoms with E-state index in [4.69, 9.17) is 21.7 Å². The average molecular weight is 351 g/mol. The van der Waals surface area contributed by atoms with Crippen LogP contribution in [0, 0.1) is 5.92 Å². The molecule has 7 heteroatoms. The van der Waals surface area contributed by atoms with Crippen molar-refractivity contribution in [2.24, 2.45) is 11.0 Å². The Balaban J connectivity index is 1.94. The van der Waals surface area contributed by atoms with Gasteiger partial charge in [0.25, 0.3) is 0 Å². The number of hydrogen-bond donors (Lipinski definition) is 3. The molecule has 1 fully saturated rings. The summed E-state index contributed by atoms with van der Waals surface area (Å²) in [5.74, 6) is 1.24. The first-order chi connectivity index (χ1) is 11.5. The number of hydrazone groups is 1. The summed E-state index contributed by atoms with van der Waals surface area (Å²) in [6, 6.07) is 3.74. The molecule has 2 rings (SSSR count). The van der Waals surface area contributed by atoms with Gasteiger partial charge in [0, 0.05) is 11.6 Å². The third-order valence-electron chi connectivity index (χ3n) is 4.31. The highest BCUT2D eigenvalue weighted by Crippen LogP contribution is 2.36. The molecule has 0 spiro atoms. The number of aromatic hydroxyl groups is 1. The van der Waals surface area contributed by atoms with E-state index in [-0.39, 0.29) is 5.75 Å². The van der Waals surface area contributed by atoms with Crippen molar-refractivity contribution in [2.45, 2.75) is 38.6 Å². The first-order valence-corrected chi connectivity index (χ1v) is 8.50. The quantitative estimate of drug-likeness (QED) is 0.430. The smallest absolute Gasteiger partial charge is 0.200 e. The molecule has 0 aromatic heterocycles. The van der Waals surface area contributed by atoms with E-state index in [1.807, 2.05) is 0 Å². The summed E-state index contributed by atoms with van der Waals surface area (Å²) in [5.41, 5.74) is 3.56. The zero-order valence-corrected chi connectivity index (χ0v) is 15.2. The fourth-order valence-electron chi connectivity index (χ4n) is 2.89. The van der Waals surface area contributed by atoms with Gasteiger partial charge in [-0.05, 0) is 43.1 Å². The number of phenols is 1. The molecule has 2 atom stereocenters. The second-order valence-electron chi connectivity index (χ2n) is 5.99. The average Bonchev–Trinajstić information content (AvgIpc) is 2.58. The number of nitrogens with zero attached hydrogens (tertiary/aromatic N) is 1. The monoisotopic (exact) mass is 351 g/mol. The molecule has 132 valence electrons. The second-order valence-corrected chi connectivity index (χ2v) is 6.39. The van der Waals surface area contributed by atoms with E-state index in [9.17, 15) is 5.11 Å². The predicted octanol–water partition coefficient (Wildman–Crippen LogP) is 2.79. The molecule has 6 nitrogen and oxygen atoms in total. The molecule has 0 amide bonds. The molecule has 24 heavy (non-hydrogen) atoms. The van der Waals surface area contributed by atoms with E-state index in [2.05, 4.69) is 22.8 Å². The number of methoxy groups -OCH3 is 2. The Morgan fingerprint density at radius 1 is 1.25 bits per heavy atom. The van der Waals surface area contributed by atoms with E-state index in [1.54, 1.807) is 18.3 Å². The number of nitrogens with one attached hydrogen (secondary N) is 2. The van der Waals surface area contributed by atoms with Gasteiger partial charge in [-0.3, -0.25) is 5.43 Å². The SMILES string of the molecule is COc1cc(/C=N/NC(=S)N[C@@H]2CCCC[C@H]2C)cc(OC)c1O. The van der Waals surface area contributed by atoms with Gasteiger partial charge < -0.3 is 19.9 Å². The maximum atomic E-state index is 9.89. The third-order valence-corrected chi connectivity index (χ3v) is 4.52. The van der Waals surface area contributed by atoms with Gasteiger partial charge in [-0.25, -0.2) is 0 Å². The molecule has 0 bridgehead atoms. The number of hydrogen-bond acceptors (Lipinski definition) is 5. The molecule has 0 unspecified atom stereocenters. The van der Waals surface area contributed by atoms with E-state index < -0.39 is 0 Å². The Kier molecular flexibility index (Phi) is 6.66. The van der Waals surface area contributed by atoms with Crippen molar-refractivity contribution in [3.05, 3.63) is 17.7 Å². The van der Waals surface area contributed by atoms with Crippen molar-refractivity contribution >= 4 is 23.5 Å². The Bertz CT molecular complexity index is 582. The molecular formula is C17H25N3O3S. The lowest BCUT2D eigenvalue weighted by atomic mass is 9.86. The fraction of sp³-hybridized carbons (Fsp3) is 0.529. The van der Waals surface area contributed by atoms with Crippen LogP contribution < -0.4 is 20.2 Å². The molecule has 0 radical (unpaired) electrons. The summed E-state index contributed by atoms with van der Waals surface area (Å²) >= 11 is 5.30. The van der Waals surface area contributed by atoms with E-state index in [0.717, 1.165) is 12.0 Å². The topological polar surface area (TPSA) is 75.1 Å². The van der Waals surface area contributed by atoms with Crippen LogP contribution in [0.3, 0.4) is 0 Å². The highest BCUT2D eigenvalue weighted by atomic mass is 32.1. The molecule has 3 N–H and O–H groups in total. The summed E-state index contributed by atoms with van der Waals surface area (Å²) in [7, 11) is 2.97. The van der Waals surface area contributed by atoms with Crippen molar-refractivity contribution in [2.75, 3.05) is 14.2 Å². The lowest BCUT2D eigenvalue weighted by Crippen LogP contribution is -2.44. The zero-order chi connectivity index (χ0) is 17.5. The van der Waals surface area contributed by atoms with Crippen molar-refractivity contribution in [3.8, 4) is 17.2 Å². The number of rotatable bonds is 5.